The van der Waals surface area contributed by atoms with Crippen LogP contribution >= 0.6 is 11.6 Å². The lowest BCUT2D eigenvalue weighted by molar-refractivity contribution is 0.315. The number of alkyl halides is 1. The maximum Gasteiger partial charge on any atom is 0.0474 e. The van der Waals surface area contributed by atoms with Gasteiger partial charge in [-0.1, -0.05) is 12.1 Å². The van der Waals surface area contributed by atoms with E-state index in [1.54, 1.807) is 0 Å². The van der Waals surface area contributed by atoms with E-state index in [4.69, 9.17) is 11.6 Å². The minimum atomic E-state index is 0.598. The van der Waals surface area contributed by atoms with Gasteiger partial charge in [0.2, 0.25) is 0 Å². The first kappa shape index (κ1) is 11.7. The van der Waals surface area contributed by atoms with Gasteiger partial charge in [0.15, 0.2) is 0 Å². The number of hydrogen-bond acceptors (Lipinski definition) is 2. The van der Waals surface area contributed by atoms with Crippen LogP contribution in [0.2, 0.25) is 0 Å². The lowest BCUT2D eigenvalue weighted by Crippen LogP contribution is -2.31. The lowest BCUT2D eigenvalue weighted by atomic mass is 10.2. The fraction of sp³-hybridized carbons (Fsp3) is 0.538. The van der Waals surface area contributed by atoms with Gasteiger partial charge in [0, 0.05) is 30.7 Å². The van der Waals surface area contributed by atoms with Gasteiger partial charge in [-0.05, 0) is 38.2 Å². The molecule has 0 N–H and O–H groups in total. The maximum atomic E-state index is 5.78. The molecule has 2 rings (SSSR count). The highest BCUT2D eigenvalue weighted by atomic mass is 35.5. The minimum absolute atomic E-state index is 0.598. The summed E-state index contributed by atoms with van der Waals surface area (Å²) >= 11 is 5.78. The molecule has 88 valence electrons. The highest BCUT2D eigenvalue weighted by molar-refractivity contribution is 6.17. The number of likely N-dealkylation sites (N-methyl/N-ethyl adjacent to an activating group) is 1. The molecule has 1 aliphatic heterocycles. The van der Waals surface area contributed by atoms with Gasteiger partial charge in [0.05, 0.1) is 0 Å². The third-order valence-corrected chi connectivity index (χ3v) is 3.66. The highest BCUT2D eigenvalue weighted by Crippen LogP contribution is 2.22. The Morgan fingerprint density at radius 2 is 2.00 bits per heavy atom. The van der Waals surface area contributed by atoms with Crippen molar-refractivity contribution in [3.8, 4) is 0 Å². The molecule has 0 saturated carbocycles. The smallest absolute Gasteiger partial charge is 0.0474 e. The number of anilines is 1. The lowest BCUT2D eigenvalue weighted by Gasteiger charge is -2.21. The van der Waals surface area contributed by atoms with Crippen molar-refractivity contribution >= 4 is 17.3 Å². The van der Waals surface area contributed by atoms with E-state index in [-0.39, 0.29) is 0 Å². The summed E-state index contributed by atoms with van der Waals surface area (Å²) < 4.78 is 0. The van der Waals surface area contributed by atoms with Crippen LogP contribution in [-0.2, 0) is 5.88 Å². The van der Waals surface area contributed by atoms with Crippen LogP contribution in [0, 0.1) is 0 Å². The SMILES string of the molecule is CN(C)C1CCN(c2ccc(CCl)cc2)C1. The number of benzene rings is 1. The molecule has 1 aromatic carbocycles. The predicted octanol–water partition coefficient (Wildman–Crippen LogP) is 2.57. The fourth-order valence-corrected chi connectivity index (χ4v) is 2.37. The molecule has 0 bridgehead atoms. The Morgan fingerprint density at radius 3 is 2.50 bits per heavy atom. The van der Waals surface area contributed by atoms with Crippen LogP contribution in [-0.4, -0.2) is 38.1 Å². The van der Waals surface area contributed by atoms with Gasteiger partial charge in [-0.25, -0.2) is 0 Å². The molecule has 1 heterocycles. The Hall–Kier alpha value is -0.730. The van der Waals surface area contributed by atoms with Gasteiger partial charge in [0.1, 0.15) is 0 Å². The first-order chi connectivity index (χ1) is 7.70. The molecule has 0 amide bonds. The number of hydrogen-bond donors (Lipinski definition) is 0. The highest BCUT2D eigenvalue weighted by Gasteiger charge is 2.23. The predicted molar refractivity (Wildman–Crippen MR) is 70.3 cm³/mol. The first-order valence-corrected chi connectivity index (χ1v) is 6.30. The standard InChI is InChI=1S/C13H19ClN2/c1-15(2)13-7-8-16(10-13)12-5-3-11(9-14)4-6-12/h3-6,13H,7-10H2,1-2H3. The van der Waals surface area contributed by atoms with Crippen molar-refractivity contribution in [2.75, 3.05) is 32.1 Å². The van der Waals surface area contributed by atoms with Crippen molar-refractivity contribution < 1.29 is 0 Å². The van der Waals surface area contributed by atoms with Crippen LogP contribution in [0.4, 0.5) is 5.69 Å². The van der Waals surface area contributed by atoms with Crippen molar-refractivity contribution in [3.63, 3.8) is 0 Å². The summed E-state index contributed by atoms with van der Waals surface area (Å²) in [6.45, 7) is 2.29. The van der Waals surface area contributed by atoms with Crippen LogP contribution in [0.3, 0.4) is 0 Å². The number of halogens is 1. The average Bonchev–Trinajstić information content (AvgIpc) is 2.78. The second-order valence-corrected chi connectivity index (χ2v) is 4.92. The largest absolute Gasteiger partial charge is 0.370 e. The van der Waals surface area contributed by atoms with Crippen molar-refractivity contribution in [1.29, 1.82) is 0 Å². The Kier molecular flexibility index (Phi) is 3.72. The quantitative estimate of drug-likeness (QED) is 0.747. The number of nitrogens with zero attached hydrogens (tertiary/aromatic N) is 2. The molecule has 0 radical (unpaired) electrons. The van der Waals surface area contributed by atoms with Crippen molar-refractivity contribution in [1.82, 2.24) is 4.90 Å². The van der Waals surface area contributed by atoms with Crippen LogP contribution in [0.5, 0.6) is 0 Å². The second kappa shape index (κ2) is 5.07. The molecule has 0 aromatic heterocycles. The summed E-state index contributed by atoms with van der Waals surface area (Å²) in [6.07, 6.45) is 1.25. The molecule has 0 aliphatic carbocycles. The van der Waals surface area contributed by atoms with Crippen molar-refractivity contribution in [3.05, 3.63) is 29.8 Å². The average molecular weight is 239 g/mol. The van der Waals surface area contributed by atoms with E-state index in [9.17, 15) is 0 Å². The van der Waals surface area contributed by atoms with Gasteiger partial charge in [-0.3, -0.25) is 0 Å². The zero-order valence-electron chi connectivity index (χ0n) is 9.99. The van der Waals surface area contributed by atoms with Crippen LogP contribution in [0.1, 0.15) is 12.0 Å². The van der Waals surface area contributed by atoms with Gasteiger partial charge < -0.3 is 9.80 Å². The van der Waals surface area contributed by atoms with Gasteiger partial charge in [-0.2, -0.15) is 0 Å². The minimum Gasteiger partial charge on any atom is -0.370 e. The second-order valence-electron chi connectivity index (χ2n) is 4.65. The Labute approximate surface area is 103 Å². The van der Waals surface area contributed by atoms with E-state index >= 15 is 0 Å². The summed E-state index contributed by atoms with van der Waals surface area (Å²) in [5, 5.41) is 0. The van der Waals surface area contributed by atoms with Gasteiger partial charge >= 0.3 is 0 Å². The van der Waals surface area contributed by atoms with Gasteiger partial charge in [0.25, 0.3) is 0 Å². The Balaban J connectivity index is 2.03. The van der Waals surface area contributed by atoms with E-state index in [0.717, 1.165) is 13.1 Å². The van der Waals surface area contributed by atoms with Crippen molar-refractivity contribution in [2.24, 2.45) is 0 Å². The normalized spacial score (nSPS) is 20.8. The van der Waals surface area contributed by atoms with E-state index in [1.165, 1.54) is 17.7 Å². The maximum absolute atomic E-state index is 5.78. The number of rotatable bonds is 3. The monoisotopic (exact) mass is 238 g/mol. The molecule has 3 heteroatoms. The topological polar surface area (TPSA) is 6.48 Å². The molecule has 2 nitrogen and oxygen atoms in total. The van der Waals surface area contributed by atoms with E-state index in [0.29, 0.717) is 11.9 Å². The zero-order valence-corrected chi connectivity index (χ0v) is 10.7. The summed E-state index contributed by atoms with van der Waals surface area (Å²) in [5.41, 5.74) is 2.51. The van der Waals surface area contributed by atoms with E-state index in [2.05, 4.69) is 48.2 Å². The van der Waals surface area contributed by atoms with E-state index in [1.807, 2.05) is 0 Å². The van der Waals surface area contributed by atoms with Crippen LogP contribution in [0.25, 0.3) is 0 Å². The first-order valence-electron chi connectivity index (χ1n) is 5.77. The summed E-state index contributed by atoms with van der Waals surface area (Å²) in [4.78, 5) is 4.76. The Bertz CT molecular complexity index is 334. The zero-order chi connectivity index (χ0) is 11.5. The summed E-state index contributed by atoms with van der Waals surface area (Å²) in [6, 6.07) is 9.27. The van der Waals surface area contributed by atoms with Crippen LogP contribution in [0.15, 0.2) is 24.3 Å². The van der Waals surface area contributed by atoms with Crippen LogP contribution < -0.4 is 4.90 Å². The third kappa shape index (κ3) is 2.50. The van der Waals surface area contributed by atoms with E-state index < -0.39 is 0 Å². The molecule has 1 saturated heterocycles. The van der Waals surface area contributed by atoms with Gasteiger partial charge in [-0.15, -0.1) is 11.6 Å². The molecule has 1 aliphatic rings. The molecule has 1 atom stereocenters. The third-order valence-electron chi connectivity index (χ3n) is 3.35. The molecule has 1 unspecified atom stereocenters. The molecule has 0 spiro atoms. The fourth-order valence-electron chi connectivity index (χ4n) is 2.19. The summed E-state index contributed by atoms with van der Waals surface area (Å²) in [5.74, 6) is 0.598. The summed E-state index contributed by atoms with van der Waals surface area (Å²) in [7, 11) is 4.32. The molecule has 1 fully saturated rings. The molecular formula is C13H19ClN2. The van der Waals surface area contributed by atoms with Crippen molar-refractivity contribution in [2.45, 2.75) is 18.3 Å². The molecule has 16 heavy (non-hydrogen) atoms. The molecule has 1 aromatic rings. The molecular weight excluding hydrogens is 220 g/mol. The Morgan fingerprint density at radius 1 is 1.31 bits per heavy atom.